The molecule has 0 aliphatic heterocycles. The summed E-state index contributed by atoms with van der Waals surface area (Å²) in [6, 6.07) is 6.52. The van der Waals surface area contributed by atoms with Crippen LogP contribution in [0.2, 0.25) is 0 Å². The second kappa shape index (κ2) is 8.09. The largest absolute Gasteiger partial charge is 0.417 e. The number of carbonyl (C=O) groups is 1. The van der Waals surface area contributed by atoms with E-state index in [-0.39, 0.29) is 29.4 Å². The minimum atomic E-state index is -4.77. The first-order chi connectivity index (χ1) is 14.7. The average molecular weight is 434 g/mol. The average Bonchev–Trinajstić information content (AvgIpc) is 3.48. The Morgan fingerprint density at radius 3 is 2.65 bits per heavy atom. The van der Waals surface area contributed by atoms with Gasteiger partial charge in [-0.3, -0.25) is 4.79 Å². The number of rotatable bonds is 6. The van der Waals surface area contributed by atoms with Crippen LogP contribution in [-0.4, -0.2) is 27.6 Å². The molecule has 2 aromatic heterocycles. The Morgan fingerprint density at radius 1 is 1.23 bits per heavy atom. The van der Waals surface area contributed by atoms with Gasteiger partial charge in [0.1, 0.15) is 11.5 Å². The van der Waals surface area contributed by atoms with E-state index in [0.717, 1.165) is 25.0 Å². The van der Waals surface area contributed by atoms with E-state index in [1.165, 1.54) is 18.2 Å². The number of nitrogens with one attached hydrogen (secondary N) is 1. The highest BCUT2D eigenvalue weighted by atomic mass is 19.4. The summed E-state index contributed by atoms with van der Waals surface area (Å²) in [6.45, 7) is 1.93. The highest BCUT2D eigenvalue weighted by Gasteiger charge is 2.36. The number of aromatic nitrogens is 3. The number of hydrogen-bond donors (Lipinski definition) is 1. The Morgan fingerprint density at radius 2 is 2.00 bits per heavy atom. The molecule has 1 atom stereocenters. The van der Waals surface area contributed by atoms with Crippen LogP contribution in [0.3, 0.4) is 0 Å². The highest BCUT2D eigenvalue weighted by molar-refractivity contribution is 5.92. The van der Waals surface area contributed by atoms with Gasteiger partial charge in [0.2, 0.25) is 5.89 Å². The number of amides is 1. The summed E-state index contributed by atoms with van der Waals surface area (Å²) >= 11 is 0. The number of pyridine rings is 1. The van der Waals surface area contributed by atoms with Crippen molar-refractivity contribution in [1.82, 2.24) is 20.4 Å². The lowest BCUT2D eigenvalue weighted by Crippen LogP contribution is -2.30. The molecular weight excluding hydrogens is 416 g/mol. The van der Waals surface area contributed by atoms with Crippen molar-refractivity contribution in [2.75, 3.05) is 6.54 Å². The lowest BCUT2D eigenvalue weighted by molar-refractivity contribution is -0.137. The van der Waals surface area contributed by atoms with Crippen molar-refractivity contribution in [3.8, 4) is 11.3 Å². The van der Waals surface area contributed by atoms with Gasteiger partial charge in [0, 0.05) is 24.9 Å². The van der Waals surface area contributed by atoms with Crippen molar-refractivity contribution in [2.45, 2.75) is 31.9 Å². The van der Waals surface area contributed by atoms with Gasteiger partial charge in [0.25, 0.3) is 5.91 Å². The molecule has 4 rings (SSSR count). The molecule has 10 heteroatoms. The molecule has 3 aromatic rings. The molecule has 6 nitrogen and oxygen atoms in total. The number of hydrogen-bond acceptors (Lipinski definition) is 5. The molecule has 0 unspecified atom stereocenters. The minimum absolute atomic E-state index is 0.0474. The van der Waals surface area contributed by atoms with Gasteiger partial charge in [-0.05, 0) is 49.1 Å². The second-order valence-corrected chi connectivity index (χ2v) is 7.42. The van der Waals surface area contributed by atoms with Crippen LogP contribution < -0.4 is 5.32 Å². The maximum atomic E-state index is 13.4. The maximum Gasteiger partial charge on any atom is 0.417 e. The van der Waals surface area contributed by atoms with Crippen molar-refractivity contribution in [3.05, 3.63) is 65.2 Å². The highest BCUT2D eigenvalue weighted by Crippen LogP contribution is 2.41. The van der Waals surface area contributed by atoms with Crippen molar-refractivity contribution in [3.63, 3.8) is 0 Å². The first-order valence-corrected chi connectivity index (χ1v) is 9.65. The summed E-state index contributed by atoms with van der Waals surface area (Å²) in [5.74, 6) is -0.371. The van der Waals surface area contributed by atoms with Crippen LogP contribution in [0.4, 0.5) is 17.6 Å². The van der Waals surface area contributed by atoms with Gasteiger partial charge in [-0.25, -0.2) is 9.37 Å². The van der Waals surface area contributed by atoms with E-state index in [2.05, 4.69) is 20.4 Å². The molecule has 0 spiro atoms. The minimum Gasteiger partial charge on any atom is -0.350 e. The fourth-order valence-electron chi connectivity index (χ4n) is 3.41. The Kier molecular flexibility index (Phi) is 5.47. The number of benzene rings is 1. The van der Waals surface area contributed by atoms with Gasteiger partial charge >= 0.3 is 6.18 Å². The summed E-state index contributed by atoms with van der Waals surface area (Å²) in [4.78, 5) is 20.9. The zero-order valence-corrected chi connectivity index (χ0v) is 16.4. The van der Waals surface area contributed by atoms with E-state index in [1.54, 1.807) is 6.92 Å². The lowest BCUT2D eigenvalue weighted by atomic mass is 10.0. The molecule has 0 radical (unpaired) electrons. The van der Waals surface area contributed by atoms with Crippen molar-refractivity contribution >= 4 is 5.91 Å². The molecule has 1 saturated carbocycles. The third-order valence-electron chi connectivity index (χ3n) is 5.09. The summed E-state index contributed by atoms with van der Waals surface area (Å²) in [6.07, 6.45) is -2.78. The molecule has 1 N–H and O–H groups in total. The number of nitrogens with zero attached hydrogens (tertiary/aromatic N) is 3. The second-order valence-electron chi connectivity index (χ2n) is 7.42. The van der Waals surface area contributed by atoms with Gasteiger partial charge in [-0.2, -0.15) is 18.2 Å². The van der Waals surface area contributed by atoms with Gasteiger partial charge < -0.3 is 9.84 Å². The molecular formula is C21H18F4N4O2. The predicted molar refractivity (Wildman–Crippen MR) is 101 cm³/mol. The van der Waals surface area contributed by atoms with Crippen LogP contribution in [0.1, 0.15) is 46.5 Å². The zero-order chi connectivity index (χ0) is 22.2. The number of alkyl halides is 3. The number of carbonyl (C=O) groups excluding carboxylic acids is 1. The molecule has 0 saturated heterocycles. The van der Waals surface area contributed by atoms with E-state index in [0.29, 0.717) is 23.7 Å². The summed E-state index contributed by atoms with van der Waals surface area (Å²) in [5.41, 5.74) is -1.58. The van der Waals surface area contributed by atoms with E-state index in [4.69, 9.17) is 4.52 Å². The number of aryl methyl sites for hydroxylation is 1. The first kappa shape index (κ1) is 21.0. The molecule has 1 aromatic carbocycles. The molecule has 0 bridgehead atoms. The van der Waals surface area contributed by atoms with E-state index < -0.39 is 23.5 Å². The monoisotopic (exact) mass is 434 g/mol. The standard InChI is InChI=1S/C21H18F4N4O2/c1-11-27-19(29-31-11)15(12-5-6-12)10-26-20(30)18-4-2-3-17(28-18)14-8-7-13(22)9-16(14)21(23,24)25/h2-4,7-9,12,15H,5-6,10H2,1H3,(H,26,30)/t15-/m1/s1. The normalized spacial score (nSPS) is 15.0. The first-order valence-electron chi connectivity index (χ1n) is 9.65. The van der Waals surface area contributed by atoms with Gasteiger partial charge in [0.05, 0.1) is 11.3 Å². The molecule has 162 valence electrons. The Hall–Kier alpha value is -3.30. The van der Waals surface area contributed by atoms with Gasteiger partial charge in [-0.1, -0.05) is 11.2 Å². The van der Waals surface area contributed by atoms with Crippen molar-refractivity contribution < 1.29 is 26.9 Å². The van der Waals surface area contributed by atoms with Crippen molar-refractivity contribution in [2.24, 2.45) is 5.92 Å². The lowest BCUT2D eigenvalue weighted by Gasteiger charge is -2.14. The molecule has 1 aliphatic carbocycles. The Labute approximate surface area is 174 Å². The number of halogens is 4. The summed E-state index contributed by atoms with van der Waals surface area (Å²) in [7, 11) is 0. The predicted octanol–water partition coefficient (Wildman–Crippen LogP) is 4.52. The van der Waals surface area contributed by atoms with E-state index in [9.17, 15) is 22.4 Å². The van der Waals surface area contributed by atoms with Crippen molar-refractivity contribution in [1.29, 1.82) is 0 Å². The van der Waals surface area contributed by atoms with Crippen LogP contribution in [0.15, 0.2) is 40.9 Å². The third-order valence-corrected chi connectivity index (χ3v) is 5.09. The SMILES string of the molecule is Cc1nc([C@H](CNC(=O)c2cccc(-c3ccc(F)cc3C(F)(F)F)n2)C2CC2)no1. The molecule has 1 aliphatic rings. The van der Waals surface area contributed by atoms with E-state index in [1.807, 2.05) is 0 Å². The maximum absolute atomic E-state index is 13.4. The van der Waals surface area contributed by atoms with Crippen LogP contribution in [0.25, 0.3) is 11.3 Å². The van der Waals surface area contributed by atoms with E-state index >= 15 is 0 Å². The quantitative estimate of drug-likeness (QED) is 0.577. The topological polar surface area (TPSA) is 80.9 Å². The fraction of sp³-hybridized carbons (Fsp3) is 0.333. The van der Waals surface area contributed by atoms with Crippen LogP contribution in [0.5, 0.6) is 0 Å². The van der Waals surface area contributed by atoms with Gasteiger partial charge in [0.15, 0.2) is 5.82 Å². The smallest absolute Gasteiger partial charge is 0.350 e. The Balaban J connectivity index is 1.54. The van der Waals surface area contributed by atoms with Crippen LogP contribution in [-0.2, 0) is 6.18 Å². The third kappa shape index (κ3) is 4.73. The van der Waals surface area contributed by atoms with Crippen LogP contribution in [0, 0.1) is 18.7 Å². The molecule has 1 amide bonds. The molecule has 31 heavy (non-hydrogen) atoms. The fourth-order valence-corrected chi connectivity index (χ4v) is 3.41. The summed E-state index contributed by atoms with van der Waals surface area (Å²) < 4.78 is 58.4. The summed E-state index contributed by atoms with van der Waals surface area (Å²) in [5, 5.41) is 6.69. The Bertz CT molecular complexity index is 1110. The van der Waals surface area contributed by atoms with Crippen LogP contribution >= 0.6 is 0 Å². The zero-order valence-electron chi connectivity index (χ0n) is 16.4. The molecule has 1 fully saturated rings. The van der Waals surface area contributed by atoms with Gasteiger partial charge in [-0.15, -0.1) is 0 Å². The molecule has 2 heterocycles.